The molecule has 1 saturated heterocycles. The van der Waals surface area contributed by atoms with Crippen molar-refractivity contribution in [2.24, 2.45) is 0 Å². The lowest BCUT2D eigenvalue weighted by Crippen LogP contribution is -2.46. The van der Waals surface area contributed by atoms with Crippen molar-refractivity contribution in [2.75, 3.05) is 29.9 Å². The van der Waals surface area contributed by atoms with Crippen LogP contribution in [-0.2, 0) is 14.6 Å². The first-order valence-corrected chi connectivity index (χ1v) is 12.4. The number of ether oxygens (including phenoxy) is 1. The maximum absolute atomic E-state index is 13.2. The van der Waals surface area contributed by atoms with Crippen molar-refractivity contribution in [3.63, 3.8) is 0 Å². The van der Waals surface area contributed by atoms with Crippen molar-refractivity contribution >= 4 is 33.0 Å². The fraction of sp³-hybridized carbons (Fsp3) is 0.208. The van der Waals surface area contributed by atoms with E-state index in [4.69, 9.17) is 16.3 Å². The Kier molecular flexibility index (Phi) is 6.79. The molecule has 1 N–H and O–H groups in total. The molecule has 1 fully saturated rings. The van der Waals surface area contributed by atoms with Gasteiger partial charge in [0.15, 0.2) is 9.84 Å². The van der Waals surface area contributed by atoms with Crippen molar-refractivity contribution in [3.8, 4) is 11.5 Å². The van der Waals surface area contributed by atoms with E-state index in [1.807, 2.05) is 47.4 Å². The lowest BCUT2D eigenvalue weighted by Gasteiger charge is -2.33. The van der Waals surface area contributed by atoms with Crippen molar-refractivity contribution in [1.29, 1.82) is 0 Å². The maximum Gasteiger partial charge on any atom is 0.246 e. The predicted octanol–water partition coefficient (Wildman–Crippen LogP) is 4.54. The molecule has 1 aliphatic rings. The lowest BCUT2D eigenvalue weighted by atomic mass is 10.0. The van der Waals surface area contributed by atoms with Gasteiger partial charge in [-0.15, -0.1) is 0 Å². The first-order valence-electron chi connectivity index (χ1n) is 10.2. The average molecular weight is 471 g/mol. The molecule has 0 bridgehead atoms. The molecule has 0 saturated carbocycles. The number of carbonyl (C=O) groups excluding carboxylic acids is 1. The molecule has 6 nitrogen and oxygen atoms in total. The van der Waals surface area contributed by atoms with E-state index in [1.165, 1.54) is 0 Å². The van der Waals surface area contributed by atoms with Gasteiger partial charge in [0.1, 0.15) is 17.5 Å². The van der Waals surface area contributed by atoms with Gasteiger partial charge in [-0.3, -0.25) is 9.69 Å². The highest BCUT2D eigenvalue weighted by Crippen LogP contribution is 2.30. The Labute approximate surface area is 192 Å². The summed E-state index contributed by atoms with van der Waals surface area (Å²) in [6.07, 6.45) is 0. The Bertz CT molecular complexity index is 1170. The number of rotatable bonds is 6. The molecule has 1 amide bonds. The summed E-state index contributed by atoms with van der Waals surface area (Å²) >= 11 is 6.13. The van der Waals surface area contributed by atoms with Crippen LogP contribution in [0.4, 0.5) is 5.69 Å². The number of hydrogen-bond donors (Lipinski definition) is 1. The van der Waals surface area contributed by atoms with E-state index in [0.29, 0.717) is 35.3 Å². The molecule has 4 rings (SSSR count). The quantitative estimate of drug-likeness (QED) is 0.572. The van der Waals surface area contributed by atoms with Gasteiger partial charge in [-0.1, -0.05) is 54.1 Å². The number of hydrogen-bond acceptors (Lipinski definition) is 5. The highest BCUT2D eigenvalue weighted by atomic mass is 35.5. The number of nitrogens with one attached hydrogen (secondary N) is 1. The Hall–Kier alpha value is -2.87. The molecular weight excluding hydrogens is 448 g/mol. The summed E-state index contributed by atoms with van der Waals surface area (Å²) in [6.45, 7) is 0.639. The third kappa shape index (κ3) is 5.48. The number of benzene rings is 3. The van der Waals surface area contributed by atoms with Crippen molar-refractivity contribution in [1.82, 2.24) is 4.90 Å². The highest BCUT2D eigenvalue weighted by molar-refractivity contribution is 7.91. The predicted molar refractivity (Wildman–Crippen MR) is 126 cm³/mol. The highest BCUT2D eigenvalue weighted by Gasteiger charge is 2.32. The summed E-state index contributed by atoms with van der Waals surface area (Å²) in [7, 11) is -3.05. The summed E-state index contributed by atoms with van der Waals surface area (Å²) in [5.41, 5.74) is 1.44. The Morgan fingerprint density at radius 1 is 0.906 bits per heavy atom. The fourth-order valence-electron chi connectivity index (χ4n) is 3.62. The molecule has 1 atom stereocenters. The van der Waals surface area contributed by atoms with Gasteiger partial charge in [0.05, 0.1) is 16.5 Å². The van der Waals surface area contributed by atoms with Gasteiger partial charge in [-0.05, 0) is 42.0 Å². The molecule has 1 heterocycles. The van der Waals surface area contributed by atoms with E-state index in [-0.39, 0.29) is 17.4 Å². The first kappa shape index (κ1) is 22.3. The van der Waals surface area contributed by atoms with Gasteiger partial charge in [-0.2, -0.15) is 0 Å². The SMILES string of the molecule is O=C(Nc1ccc(Oc2ccccc2Cl)cc1)C(c1ccccc1)N1CCS(=O)(=O)CC1. The van der Waals surface area contributed by atoms with Crippen LogP contribution < -0.4 is 10.1 Å². The zero-order valence-corrected chi connectivity index (χ0v) is 18.9. The minimum Gasteiger partial charge on any atom is -0.456 e. The lowest BCUT2D eigenvalue weighted by molar-refractivity contribution is -0.121. The number of halogens is 1. The van der Waals surface area contributed by atoms with Gasteiger partial charge >= 0.3 is 0 Å². The maximum atomic E-state index is 13.2. The number of anilines is 1. The van der Waals surface area contributed by atoms with E-state index in [9.17, 15) is 13.2 Å². The summed E-state index contributed by atoms with van der Waals surface area (Å²) < 4.78 is 29.5. The molecule has 0 radical (unpaired) electrons. The first-order chi connectivity index (χ1) is 15.4. The minimum absolute atomic E-state index is 0.0533. The zero-order valence-electron chi connectivity index (χ0n) is 17.3. The third-order valence-corrected chi connectivity index (χ3v) is 7.22. The molecule has 32 heavy (non-hydrogen) atoms. The molecule has 1 aliphatic heterocycles. The molecule has 0 spiro atoms. The summed E-state index contributed by atoms with van der Waals surface area (Å²) in [5.74, 6) is 1.04. The number of carbonyl (C=O) groups is 1. The van der Waals surface area contributed by atoms with Gasteiger partial charge in [0, 0.05) is 18.8 Å². The molecule has 0 aromatic heterocycles. The van der Waals surface area contributed by atoms with Crippen LogP contribution >= 0.6 is 11.6 Å². The fourth-order valence-corrected chi connectivity index (χ4v) is 5.02. The molecule has 3 aromatic carbocycles. The standard InChI is InChI=1S/C24H23ClN2O4S/c25-21-8-4-5-9-22(21)31-20-12-10-19(11-13-20)26-24(28)23(18-6-2-1-3-7-18)27-14-16-32(29,30)17-15-27/h1-13,23H,14-17H2,(H,26,28). The van der Waals surface area contributed by atoms with Crippen molar-refractivity contribution < 1.29 is 17.9 Å². The second kappa shape index (κ2) is 9.73. The molecule has 0 aliphatic carbocycles. The monoisotopic (exact) mass is 470 g/mol. The van der Waals surface area contributed by atoms with E-state index >= 15 is 0 Å². The summed E-state index contributed by atoms with van der Waals surface area (Å²) in [5, 5.41) is 3.46. The van der Waals surface area contributed by atoms with Crippen LogP contribution in [-0.4, -0.2) is 43.8 Å². The second-order valence-electron chi connectivity index (χ2n) is 7.55. The second-order valence-corrected chi connectivity index (χ2v) is 10.3. The van der Waals surface area contributed by atoms with Gasteiger partial charge < -0.3 is 10.1 Å². The number of amides is 1. The van der Waals surface area contributed by atoms with Crippen LogP contribution in [0.1, 0.15) is 11.6 Å². The average Bonchev–Trinajstić information content (AvgIpc) is 2.79. The van der Waals surface area contributed by atoms with Crippen LogP contribution in [0.15, 0.2) is 78.9 Å². The van der Waals surface area contributed by atoms with Crippen LogP contribution in [0.3, 0.4) is 0 Å². The molecular formula is C24H23ClN2O4S. The number of para-hydroxylation sites is 1. The third-order valence-electron chi connectivity index (χ3n) is 5.29. The zero-order chi connectivity index (χ0) is 22.6. The van der Waals surface area contributed by atoms with Gasteiger partial charge in [-0.25, -0.2) is 8.42 Å². The topological polar surface area (TPSA) is 75.7 Å². The number of nitrogens with zero attached hydrogens (tertiary/aromatic N) is 1. The Morgan fingerprint density at radius 2 is 1.53 bits per heavy atom. The molecule has 1 unspecified atom stereocenters. The largest absolute Gasteiger partial charge is 0.456 e. The van der Waals surface area contributed by atoms with Gasteiger partial charge in [0.25, 0.3) is 0 Å². The van der Waals surface area contributed by atoms with E-state index in [0.717, 1.165) is 5.56 Å². The van der Waals surface area contributed by atoms with Crippen molar-refractivity contribution in [2.45, 2.75) is 6.04 Å². The van der Waals surface area contributed by atoms with Crippen LogP contribution in [0.2, 0.25) is 5.02 Å². The number of sulfone groups is 1. The summed E-state index contributed by atoms with van der Waals surface area (Å²) in [6, 6.07) is 23.0. The molecule has 8 heteroatoms. The van der Waals surface area contributed by atoms with E-state index < -0.39 is 15.9 Å². The van der Waals surface area contributed by atoms with Gasteiger partial charge in [0.2, 0.25) is 5.91 Å². The van der Waals surface area contributed by atoms with Crippen LogP contribution in [0, 0.1) is 0 Å². The smallest absolute Gasteiger partial charge is 0.246 e. The Morgan fingerprint density at radius 3 is 2.19 bits per heavy atom. The van der Waals surface area contributed by atoms with E-state index in [1.54, 1.807) is 36.4 Å². The normalized spacial score (nSPS) is 16.8. The van der Waals surface area contributed by atoms with Crippen molar-refractivity contribution in [3.05, 3.63) is 89.4 Å². The van der Waals surface area contributed by atoms with E-state index in [2.05, 4.69) is 5.32 Å². The molecule has 3 aromatic rings. The minimum atomic E-state index is -3.05. The van der Waals surface area contributed by atoms with Crippen LogP contribution in [0.25, 0.3) is 0 Å². The summed E-state index contributed by atoms with van der Waals surface area (Å²) in [4.78, 5) is 15.2. The Balaban J connectivity index is 1.49. The molecule has 166 valence electrons. The van der Waals surface area contributed by atoms with Crippen LogP contribution in [0.5, 0.6) is 11.5 Å².